The van der Waals surface area contributed by atoms with Gasteiger partial charge in [-0.15, -0.1) is 0 Å². The van der Waals surface area contributed by atoms with Crippen LogP contribution in [0.3, 0.4) is 0 Å². The molecule has 0 atom stereocenters. The van der Waals surface area contributed by atoms with Gasteiger partial charge in [0.25, 0.3) is 0 Å². The molecule has 150 valence electrons. The number of urea groups is 1. The summed E-state index contributed by atoms with van der Waals surface area (Å²) in [4.78, 5) is 21.0. The van der Waals surface area contributed by atoms with Crippen molar-refractivity contribution in [2.45, 2.75) is 13.8 Å². The number of amides is 2. The standard InChI is InChI=1S/C21H24N6O2/c1-4-22-19-13-20(24-14(2)23-19)25-15-9-11-16(12-10-15)26-21(28)27-17-7-5-6-8-18(17)29-3/h5-13H,4H2,1-3H3,(H2,26,27,28)(H2,22,23,24,25). The molecule has 0 aliphatic carbocycles. The second kappa shape index (κ2) is 9.41. The van der Waals surface area contributed by atoms with E-state index in [1.165, 1.54) is 0 Å². The van der Waals surface area contributed by atoms with Crippen LogP contribution < -0.4 is 26.0 Å². The highest BCUT2D eigenvalue weighted by atomic mass is 16.5. The number of aromatic nitrogens is 2. The van der Waals surface area contributed by atoms with E-state index in [9.17, 15) is 4.79 Å². The number of hydrogen-bond donors (Lipinski definition) is 4. The topological polar surface area (TPSA) is 100 Å². The first kappa shape index (κ1) is 19.9. The fraction of sp³-hybridized carbons (Fsp3) is 0.190. The molecule has 0 unspecified atom stereocenters. The van der Waals surface area contributed by atoms with Gasteiger partial charge in [0.1, 0.15) is 23.2 Å². The van der Waals surface area contributed by atoms with Crippen LogP contribution in [0.25, 0.3) is 0 Å². The van der Waals surface area contributed by atoms with E-state index >= 15 is 0 Å². The Balaban J connectivity index is 1.62. The quantitative estimate of drug-likeness (QED) is 0.468. The highest BCUT2D eigenvalue weighted by molar-refractivity contribution is 6.00. The molecule has 1 heterocycles. The molecule has 0 radical (unpaired) electrons. The second-order valence-corrected chi connectivity index (χ2v) is 6.20. The SMILES string of the molecule is CCNc1cc(Nc2ccc(NC(=O)Nc3ccccc3OC)cc2)nc(C)n1. The summed E-state index contributed by atoms with van der Waals surface area (Å²) < 4.78 is 5.24. The summed E-state index contributed by atoms with van der Waals surface area (Å²) in [6.45, 7) is 4.65. The van der Waals surface area contributed by atoms with E-state index in [4.69, 9.17) is 4.74 Å². The Morgan fingerprint density at radius 1 is 0.966 bits per heavy atom. The van der Waals surface area contributed by atoms with Crippen LogP contribution in [0, 0.1) is 6.92 Å². The molecule has 0 bridgehead atoms. The van der Waals surface area contributed by atoms with E-state index in [1.54, 1.807) is 19.2 Å². The molecule has 29 heavy (non-hydrogen) atoms. The van der Waals surface area contributed by atoms with Crippen LogP contribution in [-0.4, -0.2) is 29.7 Å². The van der Waals surface area contributed by atoms with Gasteiger partial charge < -0.3 is 26.0 Å². The Kier molecular flexibility index (Phi) is 6.47. The van der Waals surface area contributed by atoms with E-state index in [0.29, 0.717) is 28.8 Å². The van der Waals surface area contributed by atoms with Crippen molar-refractivity contribution in [3.63, 3.8) is 0 Å². The Labute approximate surface area is 169 Å². The van der Waals surface area contributed by atoms with Crippen molar-refractivity contribution in [3.05, 3.63) is 60.4 Å². The Morgan fingerprint density at radius 2 is 1.66 bits per heavy atom. The van der Waals surface area contributed by atoms with Gasteiger partial charge in [-0.1, -0.05) is 12.1 Å². The number of nitrogens with one attached hydrogen (secondary N) is 4. The van der Waals surface area contributed by atoms with Gasteiger partial charge in [-0.25, -0.2) is 14.8 Å². The Bertz CT molecular complexity index is 975. The predicted octanol–water partition coefficient (Wildman–Crippen LogP) is 4.61. The minimum atomic E-state index is -0.350. The highest BCUT2D eigenvalue weighted by Crippen LogP contribution is 2.24. The first-order valence-corrected chi connectivity index (χ1v) is 9.25. The molecule has 3 aromatic rings. The van der Waals surface area contributed by atoms with Crippen LogP contribution in [0.5, 0.6) is 5.75 Å². The lowest BCUT2D eigenvalue weighted by molar-refractivity contribution is 0.262. The molecule has 1 aromatic heterocycles. The molecule has 8 heteroatoms. The smallest absolute Gasteiger partial charge is 0.323 e. The average molecular weight is 392 g/mol. The molecule has 4 N–H and O–H groups in total. The maximum absolute atomic E-state index is 12.2. The molecule has 0 aliphatic rings. The number of anilines is 5. The lowest BCUT2D eigenvalue weighted by Gasteiger charge is -2.12. The third-order valence-corrected chi connectivity index (χ3v) is 3.97. The zero-order valence-corrected chi connectivity index (χ0v) is 16.6. The van der Waals surface area contributed by atoms with Crippen molar-refractivity contribution >= 4 is 34.7 Å². The number of benzene rings is 2. The van der Waals surface area contributed by atoms with Crippen molar-refractivity contribution in [2.24, 2.45) is 0 Å². The number of ether oxygens (including phenoxy) is 1. The Morgan fingerprint density at radius 3 is 2.38 bits per heavy atom. The van der Waals surface area contributed by atoms with Gasteiger partial charge >= 0.3 is 6.03 Å². The molecule has 0 fully saturated rings. The van der Waals surface area contributed by atoms with Gasteiger partial charge in [0.05, 0.1) is 12.8 Å². The van der Waals surface area contributed by atoms with Crippen molar-refractivity contribution in [3.8, 4) is 5.75 Å². The van der Waals surface area contributed by atoms with E-state index in [-0.39, 0.29) is 6.03 Å². The predicted molar refractivity (Wildman–Crippen MR) is 116 cm³/mol. The molecule has 0 spiro atoms. The lowest BCUT2D eigenvalue weighted by Crippen LogP contribution is -2.19. The van der Waals surface area contributed by atoms with Crippen molar-refractivity contribution in [1.82, 2.24) is 9.97 Å². The summed E-state index contributed by atoms with van der Waals surface area (Å²) in [6.07, 6.45) is 0. The molecule has 3 rings (SSSR count). The van der Waals surface area contributed by atoms with Gasteiger partial charge in [0, 0.05) is 24.0 Å². The first-order valence-electron chi connectivity index (χ1n) is 9.25. The number of hydrogen-bond acceptors (Lipinski definition) is 6. The monoisotopic (exact) mass is 392 g/mol. The normalized spacial score (nSPS) is 10.2. The first-order chi connectivity index (χ1) is 14.1. The zero-order valence-electron chi connectivity index (χ0n) is 16.6. The van der Waals surface area contributed by atoms with Crippen LogP contribution in [0.2, 0.25) is 0 Å². The maximum Gasteiger partial charge on any atom is 0.323 e. The van der Waals surface area contributed by atoms with Gasteiger partial charge in [0.15, 0.2) is 0 Å². The van der Waals surface area contributed by atoms with Crippen LogP contribution in [0.1, 0.15) is 12.7 Å². The summed E-state index contributed by atoms with van der Waals surface area (Å²) in [5, 5.41) is 12.0. The number of para-hydroxylation sites is 2. The van der Waals surface area contributed by atoms with Crippen molar-refractivity contribution in [2.75, 3.05) is 34.9 Å². The third-order valence-electron chi connectivity index (χ3n) is 3.97. The summed E-state index contributed by atoms with van der Waals surface area (Å²) >= 11 is 0. The molecular weight excluding hydrogens is 368 g/mol. The van der Waals surface area contributed by atoms with Gasteiger partial charge in [-0.3, -0.25) is 0 Å². The average Bonchev–Trinajstić information content (AvgIpc) is 2.70. The zero-order chi connectivity index (χ0) is 20.6. The molecule has 8 nitrogen and oxygen atoms in total. The van der Waals surface area contributed by atoms with Crippen molar-refractivity contribution < 1.29 is 9.53 Å². The van der Waals surface area contributed by atoms with Crippen LogP contribution in [0.15, 0.2) is 54.6 Å². The summed E-state index contributed by atoms with van der Waals surface area (Å²) in [5.74, 6) is 2.74. The number of carbonyl (C=O) groups excluding carboxylic acids is 1. The minimum Gasteiger partial charge on any atom is -0.495 e. The third kappa shape index (κ3) is 5.58. The van der Waals surface area contributed by atoms with Crippen LogP contribution in [0.4, 0.5) is 33.5 Å². The number of carbonyl (C=O) groups is 1. The number of nitrogens with zero attached hydrogens (tertiary/aromatic N) is 2. The van der Waals surface area contributed by atoms with E-state index in [1.807, 2.05) is 56.3 Å². The minimum absolute atomic E-state index is 0.350. The van der Waals surface area contributed by atoms with Gasteiger partial charge in [-0.05, 0) is 50.2 Å². The number of rotatable bonds is 7. The fourth-order valence-electron chi connectivity index (χ4n) is 2.72. The fourth-order valence-corrected chi connectivity index (χ4v) is 2.72. The lowest BCUT2D eigenvalue weighted by atomic mass is 10.2. The highest BCUT2D eigenvalue weighted by Gasteiger charge is 2.07. The number of aryl methyl sites for hydroxylation is 1. The Hall–Kier alpha value is -3.81. The van der Waals surface area contributed by atoms with Crippen molar-refractivity contribution in [1.29, 1.82) is 0 Å². The molecule has 2 amide bonds. The molecule has 0 aliphatic heterocycles. The van der Waals surface area contributed by atoms with Crippen LogP contribution in [-0.2, 0) is 0 Å². The summed E-state index contributed by atoms with van der Waals surface area (Å²) in [6, 6.07) is 16.1. The van der Waals surface area contributed by atoms with E-state index in [0.717, 1.165) is 18.1 Å². The summed E-state index contributed by atoms with van der Waals surface area (Å²) in [5.41, 5.74) is 2.11. The van der Waals surface area contributed by atoms with E-state index in [2.05, 4.69) is 31.2 Å². The van der Waals surface area contributed by atoms with E-state index < -0.39 is 0 Å². The molecule has 0 saturated carbocycles. The van der Waals surface area contributed by atoms with Gasteiger partial charge in [-0.2, -0.15) is 0 Å². The maximum atomic E-state index is 12.2. The summed E-state index contributed by atoms with van der Waals surface area (Å²) in [7, 11) is 1.56. The molecular formula is C21H24N6O2. The molecule has 0 saturated heterocycles. The van der Waals surface area contributed by atoms with Gasteiger partial charge in [0.2, 0.25) is 0 Å². The number of methoxy groups -OCH3 is 1. The largest absolute Gasteiger partial charge is 0.495 e. The molecule has 2 aromatic carbocycles. The second-order valence-electron chi connectivity index (χ2n) is 6.20. The van der Waals surface area contributed by atoms with Crippen LogP contribution >= 0.6 is 0 Å².